The lowest BCUT2D eigenvalue weighted by molar-refractivity contribution is 0.195. The van der Waals surface area contributed by atoms with Gasteiger partial charge in [0.15, 0.2) is 0 Å². The molecular weight excluding hydrogens is 206 g/mol. The molecule has 1 fully saturated rings. The minimum absolute atomic E-state index is 0.748. The van der Waals surface area contributed by atoms with Crippen LogP contribution in [0.15, 0.2) is 11.6 Å². The first-order valence-corrected chi connectivity index (χ1v) is 6.60. The lowest BCUT2D eigenvalue weighted by Gasteiger charge is -2.27. The molecule has 0 unspecified atom stereocenters. The lowest BCUT2D eigenvalue weighted by Crippen LogP contribution is -2.36. The number of hydrogen-bond acceptors (Lipinski definition) is 4. The molecule has 1 aromatic rings. The van der Waals surface area contributed by atoms with E-state index in [1.165, 1.54) is 30.7 Å². The highest BCUT2D eigenvalue weighted by molar-refractivity contribution is 7.09. The van der Waals surface area contributed by atoms with Crippen LogP contribution in [0.4, 0.5) is 0 Å². The topological polar surface area (TPSA) is 42.1 Å². The van der Waals surface area contributed by atoms with Gasteiger partial charge in [0.2, 0.25) is 0 Å². The first-order valence-electron chi connectivity index (χ1n) is 5.72. The molecule has 1 saturated carbocycles. The van der Waals surface area contributed by atoms with Gasteiger partial charge < -0.3 is 5.73 Å². The van der Waals surface area contributed by atoms with Crippen molar-refractivity contribution in [3.05, 3.63) is 16.6 Å². The van der Waals surface area contributed by atoms with E-state index >= 15 is 0 Å². The SMILES string of the molecule is NCCN(Cc1nccs1)C1CCCC1. The number of hydrogen-bond donors (Lipinski definition) is 1. The van der Waals surface area contributed by atoms with E-state index in [1.807, 2.05) is 11.6 Å². The van der Waals surface area contributed by atoms with Gasteiger partial charge in [-0.2, -0.15) is 0 Å². The van der Waals surface area contributed by atoms with Gasteiger partial charge in [0, 0.05) is 30.7 Å². The monoisotopic (exact) mass is 225 g/mol. The van der Waals surface area contributed by atoms with Gasteiger partial charge in [-0.3, -0.25) is 4.90 Å². The molecule has 0 amide bonds. The van der Waals surface area contributed by atoms with Crippen LogP contribution in [0.3, 0.4) is 0 Å². The molecule has 15 heavy (non-hydrogen) atoms. The van der Waals surface area contributed by atoms with Crippen LogP contribution in [0.25, 0.3) is 0 Å². The van der Waals surface area contributed by atoms with Crippen LogP contribution in [-0.2, 0) is 6.54 Å². The standard InChI is InChI=1S/C11H19N3S/c12-5-7-14(10-3-1-2-4-10)9-11-13-6-8-15-11/h6,8,10H,1-5,7,9,12H2. The molecule has 0 atom stereocenters. The normalized spacial score (nSPS) is 17.7. The molecule has 0 bridgehead atoms. The molecule has 0 aliphatic heterocycles. The summed E-state index contributed by atoms with van der Waals surface area (Å²) in [5, 5.41) is 3.26. The van der Waals surface area contributed by atoms with Crippen molar-refractivity contribution >= 4 is 11.3 Å². The van der Waals surface area contributed by atoms with Crippen molar-refractivity contribution in [3.63, 3.8) is 0 Å². The van der Waals surface area contributed by atoms with Gasteiger partial charge in [-0.1, -0.05) is 12.8 Å². The van der Waals surface area contributed by atoms with Crippen LogP contribution >= 0.6 is 11.3 Å². The Kier molecular flexibility index (Phi) is 4.11. The third kappa shape index (κ3) is 3.00. The van der Waals surface area contributed by atoms with E-state index in [-0.39, 0.29) is 0 Å². The van der Waals surface area contributed by atoms with Crippen LogP contribution in [0.1, 0.15) is 30.7 Å². The van der Waals surface area contributed by atoms with Gasteiger partial charge >= 0.3 is 0 Å². The summed E-state index contributed by atoms with van der Waals surface area (Å²) in [5.74, 6) is 0. The molecular formula is C11H19N3S. The lowest BCUT2D eigenvalue weighted by atomic mass is 10.2. The predicted octanol–water partition coefficient (Wildman–Crippen LogP) is 1.85. The number of rotatable bonds is 5. The summed E-state index contributed by atoms with van der Waals surface area (Å²) in [4.78, 5) is 6.85. The van der Waals surface area contributed by atoms with E-state index in [4.69, 9.17) is 5.73 Å². The van der Waals surface area contributed by atoms with Gasteiger partial charge in [-0.25, -0.2) is 4.98 Å². The summed E-state index contributed by atoms with van der Waals surface area (Å²) in [7, 11) is 0. The quantitative estimate of drug-likeness (QED) is 0.831. The van der Waals surface area contributed by atoms with Gasteiger partial charge in [-0.15, -0.1) is 11.3 Å². The van der Waals surface area contributed by atoms with Crippen LogP contribution in [0.5, 0.6) is 0 Å². The summed E-state index contributed by atoms with van der Waals surface area (Å²) < 4.78 is 0. The number of thiazole rings is 1. The molecule has 3 nitrogen and oxygen atoms in total. The summed E-state index contributed by atoms with van der Waals surface area (Å²) in [5.41, 5.74) is 5.67. The Morgan fingerprint density at radius 2 is 2.27 bits per heavy atom. The second kappa shape index (κ2) is 5.58. The average Bonchev–Trinajstić information content (AvgIpc) is 2.89. The van der Waals surface area contributed by atoms with E-state index in [9.17, 15) is 0 Å². The van der Waals surface area contributed by atoms with Gasteiger partial charge in [0.25, 0.3) is 0 Å². The first kappa shape index (κ1) is 11.0. The Bertz CT molecular complexity index is 267. The summed E-state index contributed by atoms with van der Waals surface area (Å²) >= 11 is 1.74. The Hall–Kier alpha value is -0.450. The maximum absolute atomic E-state index is 5.67. The second-order valence-electron chi connectivity index (χ2n) is 4.12. The van der Waals surface area contributed by atoms with Crippen LogP contribution in [-0.4, -0.2) is 29.0 Å². The third-order valence-corrected chi connectivity index (χ3v) is 3.84. The largest absolute Gasteiger partial charge is 0.329 e. The maximum atomic E-state index is 5.67. The van der Waals surface area contributed by atoms with Crippen molar-refractivity contribution in [1.82, 2.24) is 9.88 Å². The molecule has 2 rings (SSSR count). The highest BCUT2D eigenvalue weighted by Crippen LogP contribution is 2.24. The molecule has 1 aliphatic carbocycles. The maximum Gasteiger partial charge on any atom is 0.107 e. The van der Waals surface area contributed by atoms with E-state index < -0.39 is 0 Å². The van der Waals surface area contributed by atoms with Crippen molar-refractivity contribution in [2.75, 3.05) is 13.1 Å². The van der Waals surface area contributed by atoms with Crippen molar-refractivity contribution in [1.29, 1.82) is 0 Å². The van der Waals surface area contributed by atoms with Crippen molar-refractivity contribution in [2.24, 2.45) is 5.73 Å². The average molecular weight is 225 g/mol. The first-order chi connectivity index (χ1) is 7.40. The van der Waals surface area contributed by atoms with Gasteiger partial charge in [0.1, 0.15) is 5.01 Å². The molecule has 84 valence electrons. The summed E-state index contributed by atoms with van der Waals surface area (Å²) in [6.07, 6.45) is 7.32. The molecule has 1 heterocycles. The Morgan fingerprint density at radius 1 is 1.47 bits per heavy atom. The van der Waals surface area contributed by atoms with E-state index in [0.717, 1.165) is 25.7 Å². The van der Waals surface area contributed by atoms with Gasteiger partial charge in [-0.05, 0) is 12.8 Å². The van der Waals surface area contributed by atoms with Crippen LogP contribution in [0, 0.1) is 0 Å². The van der Waals surface area contributed by atoms with E-state index in [1.54, 1.807) is 11.3 Å². The van der Waals surface area contributed by atoms with Crippen molar-refractivity contribution in [2.45, 2.75) is 38.3 Å². The molecule has 0 radical (unpaired) electrons. The summed E-state index contributed by atoms with van der Waals surface area (Å²) in [6.45, 7) is 2.74. The Labute approximate surface area is 95.3 Å². The van der Waals surface area contributed by atoms with Crippen LogP contribution in [0.2, 0.25) is 0 Å². The molecule has 0 spiro atoms. The number of nitrogens with two attached hydrogens (primary N) is 1. The fraction of sp³-hybridized carbons (Fsp3) is 0.727. The smallest absolute Gasteiger partial charge is 0.107 e. The zero-order valence-corrected chi connectivity index (χ0v) is 9.88. The number of nitrogens with zero attached hydrogens (tertiary/aromatic N) is 2. The van der Waals surface area contributed by atoms with Gasteiger partial charge in [0.05, 0.1) is 6.54 Å². The minimum Gasteiger partial charge on any atom is -0.329 e. The molecule has 0 aromatic carbocycles. The van der Waals surface area contributed by atoms with Crippen LogP contribution < -0.4 is 5.73 Å². The minimum atomic E-state index is 0.748. The molecule has 1 aliphatic rings. The highest BCUT2D eigenvalue weighted by atomic mass is 32.1. The molecule has 1 aromatic heterocycles. The summed E-state index contributed by atoms with van der Waals surface area (Å²) in [6, 6.07) is 0.748. The zero-order valence-electron chi connectivity index (χ0n) is 9.06. The third-order valence-electron chi connectivity index (χ3n) is 3.08. The Balaban J connectivity index is 1.93. The Morgan fingerprint density at radius 3 is 2.87 bits per heavy atom. The zero-order chi connectivity index (χ0) is 10.5. The fourth-order valence-corrected chi connectivity index (χ4v) is 2.97. The number of aromatic nitrogens is 1. The fourth-order valence-electron chi connectivity index (χ4n) is 2.33. The molecule has 4 heteroatoms. The van der Waals surface area contributed by atoms with E-state index in [2.05, 4.69) is 9.88 Å². The predicted molar refractivity (Wildman–Crippen MR) is 63.8 cm³/mol. The molecule has 0 saturated heterocycles. The highest BCUT2D eigenvalue weighted by Gasteiger charge is 2.22. The van der Waals surface area contributed by atoms with Crippen molar-refractivity contribution < 1.29 is 0 Å². The van der Waals surface area contributed by atoms with Crippen molar-refractivity contribution in [3.8, 4) is 0 Å². The molecule has 2 N–H and O–H groups in total. The second-order valence-corrected chi connectivity index (χ2v) is 5.10. The van der Waals surface area contributed by atoms with E-state index in [0.29, 0.717) is 0 Å².